The molecule has 0 unspecified atom stereocenters. The molecule has 1 aromatic heterocycles. The Labute approximate surface area is 76.2 Å². The van der Waals surface area contributed by atoms with Gasteiger partial charge in [-0.1, -0.05) is 11.0 Å². The fraction of sp³-hybridized carbons (Fsp3) is 0.143. The molecule has 1 aromatic rings. The Kier molecular flexibility index (Phi) is 3.03. The van der Waals surface area contributed by atoms with Gasteiger partial charge in [0.1, 0.15) is 0 Å². The van der Waals surface area contributed by atoms with Gasteiger partial charge in [-0.2, -0.15) is 0 Å². The molecule has 0 amide bonds. The lowest BCUT2D eigenvalue weighted by Gasteiger charge is -2.04. The van der Waals surface area contributed by atoms with E-state index < -0.39 is 12.3 Å². The maximum atomic E-state index is 11.4. The molecule has 14 heavy (non-hydrogen) atoms. The van der Waals surface area contributed by atoms with Crippen LogP contribution in [0.3, 0.4) is 0 Å². The van der Waals surface area contributed by atoms with Gasteiger partial charge in [0, 0.05) is 6.20 Å². The Morgan fingerprint density at radius 3 is 2.57 bits per heavy atom. The van der Waals surface area contributed by atoms with Crippen molar-refractivity contribution in [1.82, 2.24) is 4.98 Å². The Morgan fingerprint density at radius 1 is 1.36 bits per heavy atom. The molecule has 4 nitrogen and oxygen atoms in total. The van der Waals surface area contributed by atoms with E-state index in [-0.39, 0.29) is 5.69 Å². The molecule has 0 fully saturated rings. The van der Waals surface area contributed by atoms with Crippen LogP contribution in [0.25, 0.3) is 0 Å². The molecule has 1 heterocycles. The van der Waals surface area contributed by atoms with Crippen molar-refractivity contribution in [1.29, 1.82) is 0 Å². The average molecular weight is 207 g/mol. The van der Waals surface area contributed by atoms with Crippen LogP contribution < -0.4 is 0 Å². The van der Waals surface area contributed by atoms with Gasteiger partial charge in [-0.15, -0.1) is 13.2 Å². The molecule has 0 bridgehead atoms. The lowest BCUT2D eigenvalue weighted by Crippen LogP contribution is -2.18. The minimum Gasteiger partial charge on any atom is -0.283 e. The van der Waals surface area contributed by atoms with Crippen molar-refractivity contribution in [3.63, 3.8) is 0 Å². The average Bonchev–Trinajstić information content (AvgIpc) is 2.14. The van der Waals surface area contributed by atoms with Gasteiger partial charge in [-0.25, -0.2) is 9.78 Å². The highest BCUT2D eigenvalue weighted by Gasteiger charge is 2.33. The van der Waals surface area contributed by atoms with Crippen molar-refractivity contribution < 1.29 is 27.7 Å². The number of halogens is 3. The summed E-state index contributed by atoms with van der Waals surface area (Å²) in [5, 5.41) is 0. The molecule has 0 N–H and O–H groups in total. The zero-order valence-electron chi connectivity index (χ0n) is 6.62. The van der Waals surface area contributed by atoms with E-state index in [4.69, 9.17) is 0 Å². The van der Waals surface area contributed by atoms with E-state index in [9.17, 15) is 18.0 Å². The largest absolute Gasteiger partial charge is 0.558 e. The summed E-state index contributed by atoms with van der Waals surface area (Å²) in [6.45, 7) is 0. The standard InChI is InChI=1S/C7H4F3NO3/c8-7(9,10)14-13-6(12)5-3-1-2-4-11-5/h1-4H. The minimum atomic E-state index is -5.01. The van der Waals surface area contributed by atoms with Crippen LogP contribution in [0.15, 0.2) is 24.4 Å². The second-order valence-corrected chi connectivity index (χ2v) is 2.11. The molecule has 0 aliphatic heterocycles. The molecule has 0 aliphatic rings. The van der Waals surface area contributed by atoms with Crippen molar-refractivity contribution in [2.75, 3.05) is 0 Å². The normalized spacial score (nSPS) is 11.1. The van der Waals surface area contributed by atoms with Crippen LogP contribution in [0, 0.1) is 0 Å². The number of nitrogens with zero attached hydrogens (tertiary/aromatic N) is 1. The summed E-state index contributed by atoms with van der Waals surface area (Å²) in [6, 6.07) is 4.13. The first kappa shape index (κ1) is 10.5. The Morgan fingerprint density at radius 2 is 2.07 bits per heavy atom. The predicted molar refractivity (Wildman–Crippen MR) is 36.8 cm³/mol. The lowest BCUT2D eigenvalue weighted by molar-refractivity contribution is -0.457. The van der Waals surface area contributed by atoms with Crippen molar-refractivity contribution in [3.05, 3.63) is 30.1 Å². The molecule has 0 atom stereocenters. The highest BCUT2D eigenvalue weighted by atomic mass is 19.4. The third-order valence-corrected chi connectivity index (χ3v) is 1.09. The number of aromatic nitrogens is 1. The van der Waals surface area contributed by atoms with E-state index in [2.05, 4.69) is 14.8 Å². The van der Waals surface area contributed by atoms with E-state index in [0.717, 1.165) is 0 Å². The highest BCUT2D eigenvalue weighted by molar-refractivity contribution is 5.86. The number of carbonyl (C=O) groups excluding carboxylic acids is 1. The lowest BCUT2D eigenvalue weighted by atomic mass is 10.4. The minimum absolute atomic E-state index is 0.267. The van der Waals surface area contributed by atoms with Crippen LogP contribution in [-0.2, 0) is 9.78 Å². The van der Waals surface area contributed by atoms with E-state index in [1.807, 2.05) is 0 Å². The number of rotatable bonds is 2. The van der Waals surface area contributed by atoms with Crippen molar-refractivity contribution in [2.45, 2.75) is 6.36 Å². The number of pyridine rings is 1. The number of hydrogen-bond acceptors (Lipinski definition) is 4. The fourth-order valence-corrected chi connectivity index (χ4v) is 0.611. The summed E-state index contributed by atoms with van der Waals surface area (Å²) in [6.07, 6.45) is -3.77. The Hall–Kier alpha value is -1.63. The van der Waals surface area contributed by atoms with E-state index in [1.54, 1.807) is 0 Å². The maximum absolute atomic E-state index is 11.4. The van der Waals surface area contributed by atoms with Gasteiger partial charge in [-0.05, 0) is 12.1 Å². The smallest absolute Gasteiger partial charge is 0.283 e. The van der Waals surface area contributed by atoms with Crippen LogP contribution in [-0.4, -0.2) is 17.3 Å². The summed E-state index contributed by atoms with van der Waals surface area (Å²) < 4.78 is 34.2. The van der Waals surface area contributed by atoms with Gasteiger partial charge in [0.15, 0.2) is 5.69 Å². The highest BCUT2D eigenvalue weighted by Crippen LogP contribution is 2.16. The molecular formula is C7H4F3NO3. The fourth-order valence-electron chi connectivity index (χ4n) is 0.611. The zero-order valence-corrected chi connectivity index (χ0v) is 6.62. The summed E-state index contributed by atoms with van der Waals surface area (Å²) in [5.74, 6) is -1.30. The van der Waals surface area contributed by atoms with E-state index >= 15 is 0 Å². The van der Waals surface area contributed by atoms with Crippen molar-refractivity contribution in [3.8, 4) is 0 Å². The van der Waals surface area contributed by atoms with Gasteiger partial charge in [0.25, 0.3) is 0 Å². The number of alkyl halides is 3. The Bertz CT molecular complexity index is 312. The molecule has 0 aliphatic carbocycles. The van der Waals surface area contributed by atoms with Crippen LogP contribution in [0.1, 0.15) is 10.5 Å². The maximum Gasteiger partial charge on any atom is 0.558 e. The van der Waals surface area contributed by atoms with Gasteiger partial charge in [0.2, 0.25) is 0 Å². The molecular weight excluding hydrogens is 203 g/mol. The van der Waals surface area contributed by atoms with Gasteiger partial charge >= 0.3 is 12.3 Å². The molecule has 0 aromatic carbocycles. The summed E-state index contributed by atoms with van der Waals surface area (Å²) >= 11 is 0. The van der Waals surface area contributed by atoms with Crippen LogP contribution in [0.2, 0.25) is 0 Å². The molecule has 76 valence electrons. The predicted octanol–water partition coefficient (Wildman–Crippen LogP) is 1.69. The van der Waals surface area contributed by atoms with Crippen LogP contribution in [0.5, 0.6) is 0 Å². The first-order chi connectivity index (χ1) is 6.49. The van der Waals surface area contributed by atoms with Crippen LogP contribution >= 0.6 is 0 Å². The quantitative estimate of drug-likeness (QED) is 0.546. The first-order valence-electron chi connectivity index (χ1n) is 3.37. The summed E-state index contributed by atoms with van der Waals surface area (Å²) in [4.78, 5) is 20.6. The zero-order chi connectivity index (χ0) is 10.6. The first-order valence-corrected chi connectivity index (χ1v) is 3.37. The molecule has 7 heteroatoms. The molecule has 0 spiro atoms. The molecule has 0 saturated heterocycles. The second kappa shape index (κ2) is 4.05. The van der Waals surface area contributed by atoms with Crippen molar-refractivity contribution >= 4 is 5.97 Å². The monoisotopic (exact) mass is 207 g/mol. The molecule has 1 rings (SSSR count). The number of carbonyl (C=O) groups is 1. The third-order valence-electron chi connectivity index (χ3n) is 1.09. The van der Waals surface area contributed by atoms with Gasteiger partial charge in [0.05, 0.1) is 0 Å². The second-order valence-electron chi connectivity index (χ2n) is 2.11. The Balaban J connectivity index is 2.52. The molecule has 0 radical (unpaired) electrons. The van der Waals surface area contributed by atoms with Crippen LogP contribution in [0.4, 0.5) is 13.2 Å². The summed E-state index contributed by atoms with van der Waals surface area (Å²) in [5.41, 5.74) is -0.267. The SMILES string of the molecule is O=C(OOC(F)(F)F)c1ccccn1. The van der Waals surface area contributed by atoms with E-state index in [1.165, 1.54) is 24.4 Å². The van der Waals surface area contributed by atoms with Gasteiger partial charge in [-0.3, -0.25) is 4.89 Å². The van der Waals surface area contributed by atoms with E-state index in [0.29, 0.717) is 0 Å². The van der Waals surface area contributed by atoms with Crippen molar-refractivity contribution in [2.24, 2.45) is 0 Å². The summed E-state index contributed by atoms with van der Waals surface area (Å²) in [7, 11) is 0. The molecule has 0 saturated carbocycles. The number of hydrogen-bond donors (Lipinski definition) is 0. The topological polar surface area (TPSA) is 48.4 Å². The third kappa shape index (κ3) is 3.40. The van der Waals surface area contributed by atoms with Gasteiger partial charge < -0.3 is 0 Å².